The van der Waals surface area contributed by atoms with Crippen LogP contribution in [0.3, 0.4) is 0 Å². The Bertz CT molecular complexity index is 313. The molecule has 3 heteroatoms. The number of aromatic nitrogens is 2. The fourth-order valence-corrected chi connectivity index (χ4v) is 1.45. The van der Waals surface area contributed by atoms with Gasteiger partial charge in [0.05, 0.1) is 6.20 Å². The first-order valence-corrected chi connectivity index (χ1v) is 6.10. The van der Waals surface area contributed by atoms with Gasteiger partial charge < -0.3 is 5.32 Å². The predicted octanol–water partition coefficient (Wildman–Crippen LogP) is 2.23. The molecule has 16 heavy (non-hydrogen) atoms. The largest absolute Gasteiger partial charge is 0.316 e. The molecule has 1 N–H and O–H groups in total. The topological polar surface area (TPSA) is 29.9 Å². The van der Waals surface area contributed by atoms with Gasteiger partial charge in [-0.25, -0.2) is 0 Å². The van der Waals surface area contributed by atoms with Gasteiger partial charge in [0.15, 0.2) is 0 Å². The number of nitrogens with one attached hydrogen (secondary N) is 1. The van der Waals surface area contributed by atoms with Crippen molar-refractivity contribution in [1.82, 2.24) is 15.1 Å². The summed E-state index contributed by atoms with van der Waals surface area (Å²) in [5, 5.41) is 7.69. The molecule has 1 aromatic heterocycles. The van der Waals surface area contributed by atoms with Crippen LogP contribution in [0.25, 0.3) is 0 Å². The Labute approximate surface area is 99.2 Å². The first kappa shape index (κ1) is 13.2. The van der Waals surface area contributed by atoms with E-state index in [0.717, 1.165) is 19.5 Å². The van der Waals surface area contributed by atoms with Gasteiger partial charge >= 0.3 is 0 Å². The molecule has 1 heterocycles. The van der Waals surface area contributed by atoms with Crippen LogP contribution in [-0.2, 0) is 13.5 Å². The van der Waals surface area contributed by atoms with Crippen LogP contribution in [0, 0.1) is 11.3 Å². The van der Waals surface area contributed by atoms with Crippen molar-refractivity contribution in [3.05, 3.63) is 18.0 Å². The Morgan fingerprint density at radius 1 is 1.44 bits per heavy atom. The van der Waals surface area contributed by atoms with Crippen molar-refractivity contribution >= 4 is 0 Å². The number of rotatable bonds is 6. The highest BCUT2D eigenvalue weighted by atomic mass is 15.2. The molecular weight excluding hydrogens is 198 g/mol. The van der Waals surface area contributed by atoms with Crippen LogP contribution in [0.4, 0.5) is 0 Å². The Morgan fingerprint density at radius 2 is 2.12 bits per heavy atom. The summed E-state index contributed by atoms with van der Waals surface area (Å²) >= 11 is 0. The summed E-state index contributed by atoms with van der Waals surface area (Å²) in [6.07, 6.45) is 5.08. The number of aryl methyl sites for hydroxylation is 1. The zero-order valence-electron chi connectivity index (χ0n) is 11.2. The maximum Gasteiger partial charge on any atom is 0.0522 e. The lowest BCUT2D eigenvalue weighted by molar-refractivity contribution is 0.239. The van der Waals surface area contributed by atoms with Crippen molar-refractivity contribution in [2.75, 3.05) is 13.1 Å². The van der Waals surface area contributed by atoms with Gasteiger partial charge in [0.1, 0.15) is 0 Å². The molecule has 0 radical (unpaired) electrons. The normalized spacial score (nSPS) is 12.4. The first-order valence-electron chi connectivity index (χ1n) is 6.10. The number of nitrogens with zero attached hydrogens (tertiary/aromatic N) is 2. The molecule has 0 aliphatic heterocycles. The molecule has 0 aliphatic rings. The zero-order chi connectivity index (χ0) is 12.2. The second kappa shape index (κ2) is 5.48. The van der Waals surface area contributed by atoms with E-state index in [9.17, 15) is 0 Å². The van der Waals surface area contributed by atoms with Crippen LogP contribution in [0.1, 0.15) is 33.3 Å². The third-order valence-corrected chi connectivity index (χ3v) is 3.49. The maximum atomic E-state index is 4.16. The van der Waals surface area contributed by atoms with Crippen LogP contribution in [0.15, 0.2) is 12.4 Å². The fourth-order valence-electron chi connectivity index (χ4n) is 1.45. The van der Waals surface area contributed by atoms with E-state index >= 15 is 0 Å². The lowest BCUT2D eigenvalue weighted by Crippen LogP contribution is -2.34. The lowest BCUT2D eigenvalue weighted by atomic mass is 9.81. The molecule has 0 bridgehead atoms. The zero-order valence-corrected chi connectivity index (χ0v) is 11.2. The minimum Gasteiger partial charge on any atom is -0.316 e. The van der Waals surface area contributed by atoms with Gasteiger partial charge in [-0.2, -0.15) is 5.10 Å². The summed E-state index contributed by atoms with van der Waals surface area (Å²) < 4.78 is 1.85. The Hall–Kier alpha value is -0.830. The molecule has 1 aromatic rings. The molecule has 0 saturated heterocycles. The quantitative estimate of drug-likeness (QED) is 0.750. The van der Waals surface area contributed by atoms with E-state index in [0.29, 0.717) is 11.3 Å². The van der Waals surface area contributed by atoms with Gasteiger partial charge in [0, 0.05) is 19.8 Å². The van der Waals surface area contributed by atoms with Gasteiger partial charge in [-0.05, 0) is 29.9 Å². The molecule has 3 nitrogen and oxygen atoms in total. The molecule has 0 spiro atoms. The average Bonchev–Trinajstić information content (AvgIpc) is 2.59. The summed E-state index contributed by atoms with van der Waals surface area (Å²) in [6, 6.07) is 0. The van der Waals surface area contributed by atoms with E-state index in [1.807, 2.05) is 17.9 Å². The summed E-state index contributed by atoms with van der Waals surface area (Å²) in [4.78, 5) is 0. The van der Waals surface area contributed by atoms with E-state index in [1.54, 1.807) is 0 Å². The van der Waals surface area contributed by atoms with Crippen molar-refractivity contribution in [1.29, 1.82) is 0 Å². The summed E-state index contributed by atoms with van der Waals surface area (Å²) in [5.41, 5.74) is 1.67. The van der Waals surface area contributed by atoms with Gasteiger partial charge in [-0.15, -0.1) is 0 Å². The van der Waals surface area contributed by atoms with E-state index in [1.165, 1.54) is 5.56 Å². The van der Waals surface area contributed by atoms with Crippen molar-refractivity contribution in [3.63, 3.8) is 0 Å². The van der Waals surface area contributed by atoms with E-state index in [4.69, 9.17) is 0 Å². The number of hydrogen-bond donors (Lipinski definition) is 1. The molecule has 0 aromatic carbocycles. The Balaban J connectivity index is 2.22. The lowest BCUT2D eigenvalue weighted by Gasteiger charge is -2.29. The highest BCUT2D eigenvalue weighted by Crippen LogP contribution is 2.24. The second-order valence-corrected chi connectivity index (χ2v) is 5.59. The van der Waals surface area contributed by atoms with Crippen LogP contribution < -0.4 is 5.32 Å². The van der Waals surface area contributed by atoms with Crippen LogP contribution in [0.2, 0.25) is 0 Å². The molecular formula is C13H25N3. The third kappa shape index (κ3) is 3.97. The summed E-state index contributed by atoms with van der Waals surface area (Å²) in [5.74, 6) is 0.707. The van der Waals surface area contributed by atoms with Crippen molar-refractivity contribution in [3.8, 4) is 0 Å². The standard InChI is InChI=1S/C13H25N3/c1-11(2)13(3,4)10-14-7-6-12-8-15-16(5)9-12/h8-9,11,14H,6-7,10H2,1-5H3. The van der Waals surface area contributed by atoms with E-state index in [2.05, 4.69) is 44.3 Å². The molecule has 0 fully saturated rings. The van der Waals surface area contributed by atoms with Gasteiger partial charge in [0.2, 0.25) is 0 Å². The molecule has 0 saturated carbocycles. The van der Waals surface area contributed by atoms with Crippen molar-refractivity contribution in [2.45, 2.75) is 34.1 Å². The van der Waals surface area contributed by atoms with E-state index < -0.39 is 0 Å². The molecule has 1 rings (SSSR count). The molecule has 0 amide bonds. The minimum absolute atomic E-state index is 0.370. The predicted molar refractivity (Wildman–Crippen MR) is 68.4 cm³/mol. The Kier molecular flexibility index (Phi) is 4.54. The summed E-state index contributed by atoms with van der Waals surface area (Å²) in [6.45, 7) is 11.3. The monoisotopic (exact) mass is 223 g/mol. The molecule has 0 unspecified atom stereocenters. The Morgan fingerprint density at radius 3 is 2.62 bits per heavy atom. The highest BCUT2D eigenvalue weighted by molar-refractivity contribution is 5.03. The number of hydrogen-bond acceptors (Lipinski definition) is 2. The fraction of sp³-hybridized carbons (Fsp3) is 0.769. The maximum absolute atomic E-state index is 4.16. The molecule has 0 aliphatic carbocycles. The van der Waals surface area contributed by atoms with Crippen molar-refractivity contribution < 1.29 is 0 Å². The third-order valence-electron chi connectivity index (χ3n) is 3.49. The van der Waals surface area contributed by atoms with Crippen molar-refractivity contribution in [2.24, 2.45) is 18.4 Å². The van der Waals surface area contributed by atoms with Crippen LogP contribution in [-0.4, -0.2) is 22.9 Å². The SMILES string of the molecule is CC(C)C(C)(C)CNCCc1cnn(C)c1. The van der Waals surface area contributed by atoms with Crippen LogP contribution in [0.5, 0.6) is 0 Å². The first-order chi connectivity index (χ1) is 7.42. The van der Waals surface area contributed by atoms with Crippen LogP contribution >= 0.6 is 0 Å². The highest BCUT2D eigenvalue weighted by Gasteiger charge is 2.21. The smallest absolute Gasteiger partial charge is 0.0522 e. The summed E-state index contributed by atoms with van der Waals surface area (Å²) in [7, 11) is 1.96. The average molecular weight is 223 g/mol. The molecule has 0 atom stereocenters. The van der Waals surface area contributed by atoms with Gasteiger partial charge in [-0.1, -0.05) is 27.7 Å². The second-order valence-electron chi connectivity index (χ2n) is 5.59. The minimum atomic E-state index is 0.370. The molecule has 92 valence electrons. The van der Waals surface area contributed by atoms with Gasteiger partial charge in [0.25, 0.3) is 0 Å². The van der Waals surface area contributed by atoms with Gasteiger partial charge in [-0.3, -0.25) is 4.68 Å². The van der Waals surface area contributed by atoms with E-state index in [-0.39, 0.29) is 0 Å².